The van der Waals surface area contributed by atoms with Gasteiger partial charge in [-0.15, -0.1) is 0 Å². The third kappa shape index (κ3) is 4.85. The van der Waals surface area contributed by atoms with Crippen LogP contribution in [0.3, 0.4) is 0 Å². The second-order valence-corrected chi connectivity index (χ2v) is 7.19. The van der Waals surface area contributed by atoms with Crippen molar-refractivity contribution < 1.29 is 13.5 Å². The number of hydrogen-bond donors (Lipinski definition) is 2. The maximum absolute atomic E-state index is 12.1. The second kappa shape index (κ2) is 7.15. The average molecular weight is 298 g/mol. The van der Waals surface area contributed by atoms with E-state index in [1.165, 1.54) is 0 Å². The fourth-order valence-corrected chi connectivity index (χ4v) is 3.83. The van der Waals surface area contributed by atoms with Gasteiger partial charge >= 0.3 is 0 Å². The van der Waals surface area contributed by atoms with Crippen LogP contribution in [0.2, 0.25) is 0 Å². The third-order valence-electron chi connectivity index (χ3n) is 3.66. The van der Waals surface area contributed by atoms with Crippen molar-refractivity contribution in [3.05, 3.63) is 30.1 Å². The highest BCUT2D eigenvalue weighted by Crippen LogP contribution is 2.18. The van der Waals surface area contributed by atoms with Gasteiger partial charge in [-0.25, -0.2) is 13.1 Å². The van der Waals surface area contributed by atoms with Crippen molar-refractivity contribution in [1.82, 2.24) is 9.71 Å². The van der Waals surface area contributed by atoms with E-state index in [2.05, 4.69) is 9.71 Å². The SMILES string of the molecule is O=S(=O)(CCc1ccccn1)NC1CCCCCC1O. The number of pyridine rings is 1. The Morgan fingerprint density at radius 1 is 1.25 bits per heavy atom. The molecule has 1 aromatic heterocycles. The number of nitrogens with zero attached hydrogens (tertiary/aromatic N) is 1. The van der Waals surface area contributed by atoms with E-state index in [9.17, 15) is 13.5 Å². The van der Waals surface area contributed by atoms with Crippen LogP contribution in [0.1, 0.15) is 37.8 Å². The number of aliphatic hydroxyl groups excluding tert-OH is 1. The first kappa shape index (κ1) is 15.4. The first-order valence-corrected chi connectivity index (χ1v) is 8.80. The zero-order chi connectivity index (χ0) is 14.4. The molecule has 0 amide bonds. The molecule has 20 heavy (non-hydrogen) atoms. The maximum Gasteiger partial charge on any atom is 0.212 e. The highest BCUT2D eigenvalue weighted by molar-refractivity contribution is 7.89. The summed E-state index contributed by atoms with van der Waals surface area (Å²) in [5.74, 6) is 0.00718. The molecule has 0 spiro atoms. The van der Waals surface area contributed by atoms with Crippen molar-refractivity contribution >= 4 is 10.0 Å². The van der Waals surface area contributed by atoms with E-state index in [0.717, 1.165) is 25.0 Å². The Bertz CT molecular complexity index is 504. The molecule has 1 aromatic rings. The minimum Gasteiger partial charge on any atom is -0.391 e. The van der Waals surface area contributed by atoms with Crippen LogP contribution >= 0.6 is 0 Å². The molecule has 2 N–H and O–H groups in total. The van der Waals surface area contributed by atoms with Gasteiger partial charge in [0, 0.05) is 24.4 Å². The number of rotatable bonds is 5. The molecule has 1 fully saturated rings. The first-order chi connectivity index (χ1) is 9.57. The smallest absolute Gasteiger partial charge is 0.212 e. The molecule has 1 aliphatic rings. The molecule has 0 aromatic carbocycles. The summed E-state index contributed by atoms with van der Waals surface area (Å²) in [7, 11) is -3.38. The molecule has 1 heterocycles. The molecule has 2 atom stereocenters. The lowest BCUT2D eigenvalue weighted by molar-refractivity contribution is 0.130. The second-order valence-electron chi connectivity index (χ2n) is 5.32. The van der Waals surface area contributed by atoms with Gasteiger partial charge in [0.1, 0.15) is 0 Å². The maximum atomic E-state index is 12.1. The predicted octanol–water partition coefficient (Wildman–Crippen LogP) is 1.24. The molecule has 2 unspecified atom stereocenters. The van der Waals surface area contributed by atoms with Crippen LogP contribution in [-0.4, -0.2) is 36.4 Å². The van der Waals surface area contributed by atoms with Gasteiger partial charge in [0.15, 0.2) is 0 Å². The van der Waals surface area contributed by atoms with Crippen LogP contribution in [0.25, 0.3) is 0 Å². The van der Waals surface area contributed by atoms with Crippen molar-refractivity contribution in [2.75, 3.05) is 5.75 Å². The summed E-state index contributed by atoms with van der Waals surface area (Å²) >= 11 is 0. The molecule has 112 valence electrons. The van der Waals surface area contributed by atoms with E-state index in [-0.39, 0.29) is 11.8 Å². The normalized spacial score (nSPS) is 24.2. The summed E-state index contributed by atoms with van der Waals surface area (Å²) in [5.41, 5.74) is 0.763. The van der Waals surface area contributed by atoms with Gasteiger partial charge in [-0.05, 0) is 25.0 Å². The van der Waals surface area contributed by atoms with Crippen molar-refractivity contribution in [2.24, 2.45) is 0 Å². The number of aryl methyl sites for hydroxylation is 1. The van der Waals surface area contributed by atoms with Gasteiger partial charge < -0.3 is 5.11 Å². The van der Waals surface area contributed by atoms with Gasteiger partial charge in [-0.3, -0.25) is 4.98 Å². The third-order valence-corrected chi connectivity index (χ3v) is 5.07. The summed E-state index contributed by atoms with van der Waals surface area (Å²) in [6.07, 6.45) is 5.85. The quantitative estimate of drug-likeness (QED) is 0.802. The van der Waals surface area contributed by atoms with Crippen molar-refractivity contribution in [3.63, 3.8) is 0 Å². The lowest BCUT2D eigenvalue weighted by Crippen LogP contribution is -2.43. The van der Waals surface area contributed by atoms with E-state index >= 15 is 0 Å². The minimum atomic E-state index is -3.38. The Balaban J connectivity index is 1.89. The molecule has 1 saturated carbocycles. The van der Waals surface area contributed by atoms with Gasteiger partial charge in [0.25, 0.3) is 0 Å². The lowest BCUT2D eigenvalue weighted by Gasteiger charge is -2.21. The standard InChI is InChI=1S/C14H22N2O3S/c17-14-8-3-1-2-7-13(14)16-20(18,19)11-9-12-6-4-5-10-15-12/h4-6,10,13-14,16-17H,1-3,7-9,11H2. The summed E-state index contributed by atoms with van der Waals surface area (Å²) in [5, 5.41) is 9.96. The topological polar surface area (TPSA) is 79.3 Å². The Hall–Kier alpha value is -0.980. The van der Waals surface area contributed by atoms with Crippen LogP contribution in [0.15, 0.2) is 24.4 Å². The number of aromatic nitrogens is 1. The Morgan fingerprint density at radius 2 is 2.05 bits per heavy atom. The van der Waals surface area contributed by atoms with Gasteiger partial charge in [0.2, 0.25) is 10.0 Å². The molecule has 6 heteroatoms. The summed E-state index contributed by atoms with van der Waals surface area (Å²) in [4.78, 5) is 4.12. The van der Waals surface area contributed by atoms with Crippen molar-refractivity contribution in [1.29, 1.82) is 0 Å². The summed E-state index contributed by atoms with van der Waals surface area (Å²) in [6.45, 7) is 0. The van der Waals surface area contributed by atoms with E-state index in [4.69, 9.17) is 0 Å². The summed E-state index contributed by atoms with van der Waals surface area (Å²) in [6, 6.07) is 5.12. The van der Waals surface area contributed by atoms with E-state index in [0.29, 0.717) is 19.3 Å². The molecule has 0 radical (unpaired) electrons. The minimum absolute atomic E-state index is 0.00718. The van der Waals surface area contributed by atoms with Crippen molar-refractivity contribution in [2.45, 2.75) is 50.7 Å². The van der Waals surface area contributed by atoms with Gasteiger partial charge in [0.05, 0.1) is 11.9 Å². The van der Waals surface area contributed by atoms with Gasteiger partial charge in [-0.2, -0.15) is 0 Å². The highest BCUT2D eigenvalue weighted by Gasteiger charge is 2.25. The zero-order valence-electron chi connectivity index (χ0n) is 11.5. The van der Waals surface area contributed by atoms with Gasteiger partial charge in [-0.1, -0.05) is 25.3 Å². The Morgan fingerprint density at radius 3 is 2.80 bits per heavy atom. The fourth-order valence-electron chi connectivity index (χ4n) is 2.50. The van der Waals surface area contributed by atoms with Crippen LogP contribution in [0.5, 0.6) is 0 Å². The molecule has 1 aliphatic carbocycles. The monoisotopic (exact) mass is 298 g/mol. The largest absolute Gasteiger partial charge is 0.391 e. The summed E-state index contributed by atoms with van der Waals surface area (Å²) < 4.78 is 26.8. The molecule has 5 nitrogen and oxygen atoms in total. The molecule has 0 saturated heterocycles. The number of aliphatic hydroxyl groups is 1. The average Bonchev–Trinajstić information content (AvgIpc) is 2.63. The van der Waals surface area contributed by atoms with Crippen LogP contribution in [0, 0.1) is 0 Å². The molecule has 0 bridgehead atoms. The van der Waals surface area contributed by atoms with E-state index in [1.807, 2.05) is 12.1 Å². The number of sulfonamides is 1. The predicted molar refractivity (Wildman–Crippen MR) is 77.7 cm³/mol. The number of nitrogens with one attached hydrogen (secondary N) is 1. The first-order valence-electron chi connectivity index (χ1n) is 7.15. The Kier molecular flexibility index (Phi) is 5.51. The van der Waals surface area contributed by atoms with Crippen LogP contribution in [0.4, 0.5) is 0 Å². The highest BCUT2D eigenvalue weighted by atomic mass is 32.2. The number of hydrogen-bond acceptors (Lipinski definition) is 4. The Labute approximate surface area is 120 Å². The van der Waals surface area contributed by atoms with E-state index < -0.39 is 16.1 Å². The fraction of sp³-hybridized carbons (Fsp3) is 0.643. The van der Waals surface area contributed by atoms with Crippen LogP contribution in [-0.2, 0) is 16.4 Å². The molecule has 2 rings (SSSR count). The van der Waals surface area contributed by atoms with Crippen LogP contribution < -0.4 is 4.72 Å². The zero-order valence-corrected chi connectivity index (χ0v) is 12.3. The molecular weight excluding hydrogens is 276 g/mol. The molecular formula is C14H22N2O3S. The van der Waals surface area contributed by atoms with Crippen molar-refractivity contribution in [3.8, 4) is 0 Å². The molecule has 0 aliphatic heterocycles. The lowest BCUT2D eigenvalue weighted by atomic mass is 10.1. The van der Waals surface area contributed by atoms with E-state index in [1.54, 1.807) is 12.3 Å².